The Morgan fingerprint density at radius 3 is 2.65 bits per heavy atom. The van der Waals surface area contributed by atoms with E-state index in [2.05, 4.69) is 34.5 Å². The summed E-state index contributed by atoms with van der Waals surface area (Å²) in [7, 11) is 0. The topological polar surface area (TPSA) is 50.8 Å². The van der Waals surface area contributed by atoms with E-state index < -0.39 is 0 Å². The molecule has 2 aromatic carbocycles. The van der Waals surface area contributed by atoms with Gasteiger partial charge in [0, 0.05) is 25.3 Å². The molecule has 1 saturated heterocycles. The van der Waals surface area contributed by atoms with Crippen LogP contribution in [0.15, 0.2) is 48.5 Å². The van der Waals surface area contributed by atoms with Crippen LogP contribution in [0.1, 0.15) is 11.1 Å². The first-order valence-electron chi connectivity index (χ1n) is 9.08. The molecule has 0 aromatic heterocycles. The van der Waals surface area contributed by atoms with Crippen LogP contribution in [0.4, 0.5) is 5.69 Å². The number of hydrogen-bond acceptors (Lipinski definition) is 4. The molecule has 0 aliphatic carbocycles. The minimum absolute atomic E-state index is 0.0411. The summed E-state index contributed by atoms with van der Waals surface area (Å²) in [5.41, 5.74) is 3.55. The highest BCUT2D eigenvalue weighted by molar-refractivity contribution is 5.77. The van der Waals surface area contributed by atoms with Gasteiger partial charge in [-0.2, -0.15) is 0 Å². The SMILES string of the molecule is Cc1cccc(OCC(=O)NCCc2ccc(N3CCOCC3)cc2)c1. The molecule has 1 N–H and O–H groups in total. The van der Waals surface area contributed by atoms with Crippen LogP contribution in [0.2, 0.25) is 0 Å². The summed E-state index contributed by atoms with van der Waals surface area (Å²) in [5, 5.41) is 2.90. The molecule has 1 aliphatic rings. The average molecular weight is 354 g/mol. The normalized spacial score (nSPS) is 14.1. The second-order valence-electron chi connectivity index (χ2n) is 6.47. The van der Waals surface area contributed by atoms with Crippen molar-refractivity contribution in [3.63, 3.8) is 0 Å². The van der Waals surface area contributed by atoms with Gasteiger partial charge in [0.1, 0.15) is 5.75 Å². The Labute approximate surface area is 154 Å². The number of morpholine rings is 1. The first-order valence-corrected chi connectivity index (χ1v) is 9.08. The van der Waals surface area contributed by atoms with Crippen LogP contribution < -0.4 is 15.0 Å². The fourth-order valence-electron chi connectivity index (χ4n) is 2.95. The predicted molar refractivity (Wildman–Crippen MR) is 103 cm³/mol. The quantitative estimate of drug-likeness (QED) is 0.830. The maximum Gasteiger partial charge on any atom is 0.257 e. The molecular formula is C21H26N2O3. The molecule has 1 aliphatic heterocycles. The van der Waals surface area contributed by atoms with E-state index in [0.29, 0.717) is 6.54 Å². The number of amides is 1. The summed E-state index contributed by atoms with van der Waals surface area (Å²) in [5.74, 6) is 0.621. The molecule has 1 amide bonds. The van der Waals surface area contributed by atoms with Gasteiger partial charge >= 0.3 is 0 Å². The number of rotatable bonds is 7. The largest absolute Gasteiger partial charge is 0.484 e. The monoisotopic (exact) mass is 354 g/mol. The van der Waals surface area contributed by atoms with Gasteiger partial charge in [-0.3, -0.25) is 4.79 Å². The molecule has 3 rings (SSSR count). The zero-order valence-electron chi connectivity index (χ0n) is 15.2. The van der Waals surface area contributed by atoms with Crippen molar-refractivity contribution in [2.24, 2.45) is 0 Å². The van der Waals surface area contributed by atoms with Gasteiger partial charge < -0.3 is 19.7 Å². The maximum atomic E-state index is 11.9. The third-order valence-electron chi connectivity index (χ3n) is 4.41. The van der Waals surface area contributed by atoms with E-state index in [-0.39, 0.29) is 12.5 Å². The smallest absolute Gasteiger partial charge is 0.257 e. The molecule has 0 saturated carbocycles. The lowest BCUT2D eigenvalue weighted by molar-refractivity contribution is -0.123. The molecule has 1 fully saturated rings. The zero-order valence-corrected chi connectivity index (χ0v) is 15.2. The van der Waals surface area contributed by atoms with Gasteiger partial charge in [-0.25, -0.2) is 0 Å². The second-order valence-corrected chi connectivity index (χ2v) is 6.47. The van der Waals surface area contributed by atoms with Gasteiger partial charge in [0.25, 0.3) is 5.91 Å². The summed E-state index contributed by atoms with van der Waals surface area (Å²) in [4.78, 5) is 14.2. The molecule has 5 nitrogen and oxygen atoms in total. The number of benzene rings is 2. The Bertz CT molecular complexity index is 709. The van der Waals surface area contributed by atoms with Crippen molar-refractivity contribution in [1.82, 2.24) is 5.32 Å². The minimum atomic E-state index is -0.101. The number of aryl methyl sites for hydroxylation is 1. The van der Waals surface area contributed by atoms with Gasteiger partial charge in [-0.1, -0.05) is 24.3 Å². The van der Waals surface area contributed by atoms with Crippen LogP contribution in [-0.2, 0) is 16.0 Å². The van der Waals surface area contributed by atoms with Crippen molar-refractivity contribution in [3.8, 4) is 5.75 Å². The van der Waals surface area contributed by atoms with Crippen LogP contribution in [0.5, 0.6) is 5.75 Å². The lowest BCUT2D eigenvalue weighted by atomic mass is 10.1. The highest BCUT2D eigenvalue weighted by atomic mass is 16.5. The van der Waals surface area contributed by atoms with Gasteiger partial charge in [0.15, 0.2) is 6.61 Å². The van der Waals surface area contributed by atoms with Crippen molar-refractivity contribution in [1.29, 1.82) is 0 Å². The Hall–Kier alpha value is -2.53. The van der Waals surface area contributed by atoms with Crippen LogP contribution in [0, 0.1) is 6.92 Å². The summed E-state index contributed by atoms with van der Waals surface area (Å²) in [6, 6.07) is 16.2. The van der Waals surface area contributed by atoms with Crippen LogP contribution >= 0.6 is 0 Å². The molecule has 5 heteroatoms. The average Bonchev–Trinajstić information content (AvgIpc) is 2.68. The number of nitrogens with one attached hydrogen (secondary N) is 1. The van der Waals surface area contributed by atoms with Gasteiger partial charge in [0.05, 0.1) is 13.2 Å². The lowest BCUT2D eigenvalue weighted by Crippen LogP contribution is -2.36. The van der Waals surface area contributed by atoms with Crippen molar-refractivity contribution in [3.05, 3.63) is 59.7 Å². The molecule has 138 valence electrons. The molecule has 0 bridgehead atoms. The summed E-state index contributed by atoms with van der Waals surface area (Å²) < 4.78 is 10.9. The Balaban J connectivity index is 1.38. The summed E-state index contributed by atoms with van der Waals surface area (Å²) in [6.07, 6.45) is 0.805. The number of anilines is 1. The van der Waals surface area contributed by atoms with E-state index in [1.165, 1.54) is 11.3 Å². The molecule has 0 spiro atoms. The summed E-state index contributed by atoms with van der Waals surface area (Å²) >= 11 is 0. The number of carbonyl (C=O) groups excluding carboxylic acids is 1. The molecule has 0 unspecified atom stereocenters. The zero-order chi connectivity index (χ0) is 18.2. The van der Waals surface area contributed by atoms with Crippen LogP contribution in [0.3, 0.4) is 0 Å². The molecule has 1 heterocycles. The molecule has 2 aromatic rings. The molecular weight excluding hydrogens is 328 g/mol. The van der Waals surface area contributed by atoms with Crippen molar-refractivity contribution < 1.29 is 14.3 Å². The van der Waals surface area contributed by atoms with E-state index in [1.807, 2.05) is 31.2 Å². The van der Waals surface area contributed by atoms with Gasteiger partial charge in [-0.15, -0.1) is 0 Å². The Morgan fingerprint density at radius 2 is 1.92 bits per heavy atom. The first kappa shape index (κ1) is 18.3. The number of nitrogens with zero attached hydrogens (tertiary/aromatic N) is 1. The van der Waals surface area contributed by atoms with Crippen LogP contribution in [0.25, 0.3) is 0 Å². The minimum Gasteiger partial charge on any atom is -0.484 e. The molecule has 26 heavy (non-hydrogen) atoms. The molecule has 0 atom stereocenters. The molecule has 0 radical (unpaired) electrons. The van der Waals surface area contributed by atoms with Crippen molar-refractivity contribution >= 4 is 11.6 Å². The third kappa shape index (κ3) is 5.49. The Kier molecular flexibility index (Phi) is 6.50. The highest BCUT2D eigenvalue weighted by Crippen LogP contribution is 2.17. The summed E-state index contributed by atoms with van der Waals surface area (Å²) in [6.45, 7) is 6.10. The van der Waals surface area contributed by atoms with E-state index >= 15 is 0 Å². The second kappa shape index (κ2) is 9.25. The standard InChI is InChI=1S/C21H26N2O3/c1-17-3-2-4-20(15-17)26-16-21(24)22-10-9-18-5-7-19(8-6-18)23-11-13-25-14-12-23/h2-8,15H,9-14,16H2,1H3,(H,22,24). The van der Waals surface area contributed by atoms with Crippen molar-refractivity contribution in [2.75, 3.05) is 44.4 Å². The fraction of sp³-hybridized carbons (Fsp3) is 0.381. The number of ether oxygens (including phenoxy) is 2. The number of carbonyl (C=O) groups is 1. The van der Waals surface area contributed by atoms with Crippen molar-refractivity contribution in [2.45, 2.75) is 13.3 Å². The highest BCUT2D eigenvalue weighted by Gasteiger charge is 2.10. The first-order chi connectivity index (χ1) is 12.7. The van der Waals surface area contributed by atoms with Crippen LogP contribution in [-0.4, -0.2) is 45.4 Å². The van der Waals surface area contributed by atoms with Gasteiger partial charge in [-0.05, 0) is 48.7 Å². The third-order valence-corrected chi connectivity index (χ3v) is 4.41. The predicted octanol–water partition coefficient (Wildman–Crippen LogP) is 2.57. The van der Waals surface area contributed by atoms with E-state index in [9.17, 15) is 4.79 Å². The van der Waals surface area contributed by atoms with E-state index in [4.69, 9.17) is 9.47 Å². The fourth-order valence-corrected chi connectivity index (χ4v) is 2.95. The van der Waals surface area contributed by atoms with E-state index in [0.717, 1.165) is 44.0 Å². The lowest BCUT2D eigenvalue weighted by Gasteiger charge is -2.28. The van der Waals surface area contributed by atoms with Gasteiger partial charge in [0.2, 0.25) is 0 Å². The number of hydrogen-bond donors (Lipinski definition) is 1. The maximum absolute atomic E-state index is 11.9. The van der Waals surface area contributed by atoms with E-state index in [1.54, 1.807) is 0 Å². The Morgan fingerprint density at radius 1 is 1.15 bits per heavy atom.